The average Bonchev–Trinajstić information content (AvgIpc) is 2.90. The van der Waals surface area contributed by atoms with Crippen LogP contribution in [0.3, 0.4) is 0 Å². The third kappa shape index (κ3) is 3.22. The number of hydrogen-bond acceptors (Lipinski definition) is 4. The summed E-state index contributed by atoms with van der Waals surface area (Å²) in [5.41, 5.74) is 0. The van der Waals surface area contributed by atoms with Crippen molar-refractivity contribution in [1.29, 1.82) is 0 Å². The number of rotatable bonds is 5. The van der Waals surface area contributed by atoms with Crippen LogP contribution in [0, 0.1) is 0 Å². The van der Waals surface area contributed by atoms with Gasteiger partial charge in [0.05, 0.1) is 12.0 Å². The van der Waals surface area contributed by atoms with Crippen molar-refractivity contribution in [1.82, 2.24) is 10.0 Å². The Morgan fingerprint density at radius 3 is 3.00 bits per heavy atom. The summed E-state index contributed by atoms with van der Waals surface area (Å²) in [5, 5.41) is 3.25. The van der Waals surface area contributed by atoms with Crippen LogP contribution in [-0.4, -0.2) is 34.7 Å². The molecule has 0 aromatic heterocycles. The van der Waals surface area contributed by atoms with E-state index in [-0.39, 0.29) is 10.9 Å². The minimum absolute atomic E-state index is 0.236. The molecule has 1 aliphatic heterocycles. The number of benzene rings is 1. The Balaban J connectivity index is 2.04. The normalized spacial score (nSPS) is 19.9. The van der Waals surface area contributed by atoms with Gasteiger partial charge in [0.2, 0.25) is 10.0 Å². The predicted molar refractivity (Wildman–Crippen MR) is 69.2 cm³/mol. The van der Waals surface area contributed by atoms with Gasteiger partial charge in [-0.15, -0.1) is 0 Å². The largest absolute Gasteiger partial charge is 0.497 e. The topological polar surface area (TPSA) is 67.4 Å². The number of methoxy groups -OCH3 is 1. The van der Waals surface area contributed by atoms with Gasteiger partial charge in [0, 0.05) is 18.7 Å². The highest BCUT2D eigenvalue weighted by atomic mass is 32.2. The standard InChI is InChI=1S/C12H18N2O3S/c1-17-11-5-2-6-12(8-11)18(15,16)14-9-10-4-3-7-13-10/h2,5-6,8,10,13-14H,3-4,7,9H2,1H3. The third-order valence-electron chi connectivity index (χ3n) is 3.03. The van der Waals surface area contributed by atoms with Crippen molar-refractivity contribution in [2.75, 3.05) is 20.2 Å². The molecule has 1 saturated heterocycles. The Morgan fingerprint density at radius 2 is 2.33 bits per heavy atom. The molecule has 2 N–H and O–H groups in total. The maximum absolute atomic E-state index is 12.1. The molecule has 1 fully saturated rings. The van der Waals surface area contributed by atoms with E-state index < -0.39 is 10.0 Å². The average molecular weight is 270 g/mol. The summed E-state index contributed by atoms with van der Waals surface area (Å²) in [5.74, 6) is 0.539. The number of nitrogens with one attached hydrogen (secondary N) is 2. The summed E-state index contributed by atoms with van der Waals surface area (Å²) in [6.07, 6.45) is 2.12. The SMILES string of the molecule is COc1cccc(S(=O)(=O)NCC2CCCN2)c1. The lowest BCUT2D eigenvalue weighted by Crippen LogP contribution is -2.37. The monoisotopic (exact) mass is 270 g/mol. The molecule has 0 spiro atoms. The van der Waals surface area contributed by atoms with Crippen molar-refractivity contribution in [3.63, 3.8) is 0 Å². The molecule has 2 rings (SSSR count). The van der Waals surface area contributed by atoms with E-state index in [1.165, 1.54) is 13.2 Å². The molecule has 6 heteroatoms. The van der Waals surface area contributed by atoms with Crippen molar-refractivity contribution >= 4 is 10.0 Å². The quantitative estimate of drug-likeness (QED) is 0.827. The molecule has 0 saturated carbocycles. The van der Waals surface area contributed by atoms with Crippen LogP contribution < -0.4 is 14.8 Å². The molecule has 1 aromatic carbocycles. The molecule has 1 heterocycles. The van der Waals surface area contributed by atoms with Crippen LogP contribution in [0.4, 0.5) is 0 Å². The molecule has 1 unspecified atom stereocenters. The van der Waals surface area contributed by atoms with Crippen LogP contribution in [0.5, 0.6) is 5.75 Å². The summed E-state index contributed by atoms with van der Waals surface area (Å²) in [6.45, 7) is 1.39. The van der Waals surface area contributed by atoms with Gasteiger partial charge in [0.25, 0.3) is 0 Å². The second-order valence-electron chi connectivity index (χ2n) is 4.32. The zero-order valence-electron chi connectivity index (χ0n) is 10.3. The van der Waals surface area contributed by atoms with Gasteiger partial charge >= 0.3 is 0 Å². The van der Waals surface area contributed by atoms with E-state index in [0.29, 0.717) is 12.3 Å². The summed E-state index contributed by atoms with van der Waals surface area (Å²) < 4.78 is 31.8. The predicted octanol–water partition coefficient (Wildman–Crippen LogP) is 0.725. The van der Waals surface area contributed by atoms with Crippen LogP contribution in [-0.2, 0) is 10.0 Å². The first-order valence-corrected chi connectivity index (χ1v) is 7.47. The first kappa shape index (κ1) is 13.3. The van der Waals surface area contributed by atoms with E-state index in [1.807, 2.05) is 0 Å². The summed E-state index contributed by atoms with van der Waals surface area (Å²) >= 11 is 0. The molecule has 5 nitrogen and oxygen atoms in total. The van der Waals surface area contributed by atoms with Crippen molar-refractivity contribution < 1.29 is 13.2 Å². The molecule has 100 valence electrons. The van der Waals surface area contributed by atoms with Gasteiger partial charge in [-0.25, -0.2) is 13.1 Å². The first-order valence-electron chi connectivity index (χ1n) is 5.99. The molecule has 0 aliphatic carbocycles. The molecular weight excluding hydrogens is 252 g/mol. The number of sulfonamides is 1. The fourth-order valence-corrected chi connectivity index (χ4v) is 3.11. The van der Waals surface area contributed by atoms with Crippen molar-refractivity contribution in [3.05, 3.63) is 24.3 Å². The molecule has 0 radical (unpaired) electrons. The van der Waals surface area contributed by atoms with Gasteiger partial charge in [0.1, 0.15) is 5.75 Å². The molecule has 0 amide bonds. The van der Waals surface area contributed by atoms with Gasteiger partial charge < -0.3 is 10.1 Å². The lowest BCUT2D eigenvalue weighted by molar-refractivity contribution is 0.413. The summed E-state index contributed by atoms with van der Waals surface area (Å²) in [4.78, 5) is 0.236. The van der Waals surface area contributed by atoms with Crippen LogP contribution in [0.1, 0.15) is 12.8 Å². The Morgan fingerprint density at radius 1 is 1.50 bits per heavy atom. The molecule has 1 aliphatic rings. The van der Waals surface area contributed by atoms with Gasteiger partial charge in [-0.05, 0) is 31.5 Å². The summed E-state index contributed by atoms with van der Waals surface area (Å²) in [7, 11) is -1.93. The van der Waals surface area contributed by atoms with E-state index in [0.717, 1.165) is 19.4 Å². The lowest BCUT2D eigenvalue weighted by Gasteiger charge is -2.12. The Bertz CT molecular complexity index is 496. The smallest absolute Gasteiger partial charge is 0.240 e. The van der Waals surface area contributed by atoms with Gasteiger partial charge in [-0.1, -0.05) is 6.07 Å². The van der Waals surface area contributed by atoms with Gasteiger partial charge in [-0.3, -0.25) is 0 Å². The van der Waals surface area contributed by atoms with E-state index in [4.69, 9.17) is 4.74 Å². The fraction of sp³-hybridized carbons (Fsp3) is 0.500. The maximum atomic E-state index is 12.1. The van der Waals surface area contributed by atoms with Gasteiger partial charge in [0.15, 0.2) is 0 Å². The van der Waals surface area contributed by atoms with E-state index in [1.54, 1.807) is 18.2 Å². The minimum atomic E-state index is -3.45. The third-order valence-corrected chi connectivity index (χ3v) is 4.45. The Kier molecular flexibility index (Phi) is 4.21. The van der Waals surface area contributed by atoms with Crippen LogP contribution in [0.15, 0.2) is 29.2 Å². The molecule has 1 aromatic rings. The van der Waals surface area contributed by atoms with Crippen molar-refractivity contribution in [2.24, 2.45) is 0 Å². The minimum Gasteiger partial charge on any atom is -0.497 e. The highest BCUT2D eigenvalue weighted by Crippen LogP contribution is 2.17. The highest BCUT2D eigenvalue weighted by molar-refractivity contribution is 7.89. The molecular formula is C12H18N2O3S. The van der Waals surface area contributed by atoms with Crippen molar-refractivity contribution in [3.8, 4) is 5.75 Å². The highest BCUT2D eigenvalue weighted by Gasteiger charge is 2.19. The second-order valence-corrected chi connectivity index (χ2v) is 6.09. The second kappa shape index (κ2) is 5.69. The van der Waals surface area contributed by atoms with E-state index >= 15 is 0 Å². The Hall–Kier alpha value is -1.11. The zero-order valence-corrected chi connectivity index (χ0v) is 11.2. The van der Waals surface area contributed by atoms with Crippen molar-refractivity contribution in [2.45, 2.75) is 23.8 Å². The fourth-order valence-electron chi connectivity index (χ4n) is 1.99. The molecule has 1 atom stereocenters. The Labute approximate surface area is 108 Å². The number of ether oxygens (including phenoxy) is 1. The molecule has 18 heavy (non-hydrogen) atoms. The summed E-state index contributed by atoms with van der Waals surface area (Å²) in [6, 6.07) is 6.71. The lowest BCUT2D eigenvalue weighted by atomic mass is 10.2. The zero-order chi connectivity index (χ0) is 13.0. The molecule has 0 bridgehead atoms. The van der Waals surface area contributed by atoms with Crippen LogP contribution in [0.25, 0.3) is 0 Å². The number of hydrogen-bond donors (Lipinski definition) is 2. The van der Waals surface area contributed by atoms with Crippen LogP contribution >= 0.6 is 0 Å². The van der Waals surface area contributed by atoms with Gasteiger partial charge in [-0.2, -0.15) is 0 Å². The van der Waals surface area contributed by atoms with Crippen LogP contribution in [0.2, 0.25) is 0 Å². The van der Waals surface area contributed by atoms with E-state index in [2.05, 4.69) is 10.0 Å². The first-order chi connectivity index (χ1) is 8.62. The maximum Gasteiger partial charge on any atom is 0.240 e. The van der Waals surface area contributed by atoms with E-state index in [9.17, 15) is 8.42 Å².